The molecule has 3 N–H and O–H groups in total. The molecule has 0 radical (unpaired) electrons. The Balaban J connectivity index is 1.25. The molecule has 1 aliphatic rings. The topological polar surface area (TPSA) is 114 Å². The number of amides is 3. The molecule has 6 rings (SSSR count). The van der Waals surface area contributed by atoms with Crippen molar-refractivity contribution in [2.45, 2.75) is 62.5 Å². The van der Waals surface area contributed by atoms with Gasteiger partial charge in [0.25, 0.3) is 11.8 Å². The third-order valence-corrected chi connectivity index (χ3v) is 11.5. The van der Waals surface area contributed by atoms with E-state index in [1.807, 2.05) is 66.7 Å². The van der Waals surface area contributed by atoms with E-state index in [0.717, 1.165) is 57.7 Å². The van der Waals surface area contributed by atoms with Gasteiger partial charge in [-0.3, -0.25) is 14.4 Å². The fourth-order valence-electron chi connectivity index (χ4n) is 6.22. The number of ether oxygens (including phenoxy) is 1. The number of thiophene rings is 1. The van der Waals surface area contributed by atoms with Gasteiger partial charge in [-0.1, -0.05) is 92.7 Å². The van der Waals surface area contributed by atoms with Crippen LogP contribution in [0.4, 0.5) is 10.7 Å². The quantitative estimate of drug-likeness (QED) is 0.0626. The molecule has 8 nitrogen and oxygen atoms in total. The van der Waals surface area contributed by atoms with Crippen molar-refractivity contribution in [3.05, 3.63) is 153 Å². The largest absolute Gasteiger partial charge is 0.462 e. The van der Waals surface area contributed by atoms with E-state index in [1.165, 1.54) is 23.1 Å². The van der Waals surface area contributed by atoms with E-state index in [1.54, 1.807) is 55.5 Å². The summed E-state index contributed by atoms with van der Waals surface area (Å²) in [5.41, 5.74) is 5.14. The highest BCUT2D eigenvalue weighted by Crippen LogP contribution is 2.41. The van der Waals surface area contributed by atoms with Crippen molar-refractivity contribution in [3.8, 4) is 0 Å². The Morgan fingerprint density at radius 2 is 1.52 bits per heavy atom. The molecule has 0 saturated heterocycles. The molecule has 3 amide bonds. The van der Waals surface area contributed by atoms with Crippen molar-refractivity contribution in [3.63, 3.8) is 0 Å². The summed E-state index contributed by atoms with van der Waals surface area (Å²) < 4.78 is 5.42. The second kappa shape index (κ2) is 18.1. The molecule has 10 heteroatoms. The molecule has 54 heavy (non-hydrogen) atoms. The van der Waals surface area contributed by atoms with E-state index in [4.69, 9.17) is 4.74 Å². The zero-order chi connectivity index (χ0) is 38.0. The number of carbonyl (C=O) groups excluding carboxylic acids is 4. The standard InChI is InChI=1S/C44H43N3O5S2/c1-4-52-44(51)38-35-20-11-12-21-37(35)54-43(38)47-42(50)39(31-14-7-5-8-15-31)53-34-19-13-18-33(27-34)45-41(49)36(46-40(48)32-16-9-6-10-17-32)26-29-22-24-30(25-23-29)28(2)3/h5-10,13-19,22-28,39H,4,11-12,20-21H2,1-3H3,(H,45,49)(H,46,48)(H,47,50)/b36-26+. The average molecular weight is 758 g/mol. The van der Waals surface area contributed by atoms with Crippen LogP contribution in [0.15, 0.2) is 120 Å². The molecule has 0 saturated carbocycles. The molecule has 0 fully saturated rings. The van der Waals surface area contributed by atoms with Gasteiger partial charge in [-0.2, -0.15) is 0 Å². The first-order valence-electron chi connectivity index (χ1n) is 18.1. The van der Waals surface area contributed by atoms with Gasteiger partial charge in [0.1, 0.15) is 15.9 Å². The molecule has 276 valence electrons. The van der Waals surface area contributed by atoms with Crippen molar-refractivity contribution < 1.29 is 23.9 Å². The third-order valence-electron chi connectivity index (χ3n) is 9.02. The number of hydrogen-bond acceptors (Lipinski definition) is 7. The highest BCUT2D eigenvalue weighted by atomic mass is 32.2. The molecule has 0 spiro atoms. The van der Waals surface area contributed by atoms with Crippen LogP contribution in [0.25, 0.3) is 6.08 Å². The van der Waals surface area contributed by atoms with Crippen LogP contribution in [0.3, 0.4) is 0 Å². The van der Waals surface area contributed by atoms with E-state index in [2.05, 4.69) is 29.8 Å². The molecule has 0 aliphatic heterocycles. The number of thioether (sulfide) groups is 1. The van der Waals surface area contributed by atoms with E-state index < -0.39 is 23.0 Å². The third kappa shape index (κ3) is 9.55. The molecule has 1 atom stereocenters. The predicted octanol–water partition coefficient (Wildman–Crippen LogP) is 9.81. The van der Waals surface area contributed by atoms with Crippen molar-refractivity contribution in [2.24, 2.45) is 0 Å². The number of fused-ring (bicyclic) bond motifs is 1. The van der Waals surface area contributed by atoms with Crippen molar-refractivity contribution in [1.29, 1.82) is 0 Å². The maximum atomic E-state index is 14.2. The maximum absolute atomic E-state index is 14.2. The van der Waals surface area contributed by atoms with Crippen LogP contribution in [0, 0.1) is 0 Å². The number of esters is 1. The lowest BCUT2D eigenvalue weighted by atomic mass is 9.95. The molecular formula is C44H43N3O5S2. The van der Waals surface area contributed by atoms with Crippen LogP contribution >= 0.6 is 23.1 Å². The van der Waals surface area contributed by atoms with Gasteiger partial charge in [0.2, 0.25) is 5.91 Å². The van der Waals surface area contributed by atoms with Crippen LogP contribution in [-0.2, 0) is 27.2 Å². The summed E-state index contributed by atoms with van der Waals surface area (Å²) in [6, 6.07) is 33.3. The Labute approximate surface area is 324 Å². The Hall–Kier alpha value is -5.45. The van der Waals surface area contributed by atoms with Gasteiger partial charge >= 0.3 is 5.97 Å². The molecule has 0 bridgehead atoms. The lowest BCUT2D eigenvalue weighted by Crippen LogP contribution is -2.30. The van der Waals surface area contributed by atoms with Crippen molar-refractivity contribution >= 4 is 63.6 Å². The van der Waals surface area contributed by atoms with Crippen LogP contribution in [0.5, 0.6) is 0 Å². The summed E-state index contributed by atoms with van der Waals surface area (Å²) >= 11 is 2.79. The van der Waals surface area contributed by atoms with E-state index >= 15 is 0 Å². The van der Waals surface area contributed by atoms with Crippen molar-refractivity contribution in [2.75, 3.05) is 17.2 Å². The average Bonchev–Trinajstić information content (AvgIpc) is 3.55. The second-order valence-corrected chi connectivity index (χ2v) is 15.5. The van der Waals surface area contributed by atoms with Gasteiger partial charge in [-0.05, 0) is 97.2 Å². The van der Waals surface area contributed by atoms with Gasteiger partial charge in [0, 0.05) is 21.0 Å². The Morgan fingerprint density at radius 3 is 2.22 bits per heavy atom. The fraction of sp³-hybridized carbons (Fsp3) is 0.227. The smallest absolute Gasteiger partial charge is 0.341 e. The van der Waals surface area contributed by atoms with Crippen LogP contribution in [0.2, 0.25) is 0 Å². The van der Waals surface area contributed by atoms with Crippen molar-refractivity contribution in [1.82, 2.24) is 5.32 Å². The molecule has 5 aromatic rings. The second-order valence-electron chi connectivity index (χ2n) is 13.2. The molecule has 1 heterocycles. The number of hydrogen-bond donors (Lipinski definition) is 3. The Morgan fingerprint density at radius 1 is 0.815 bits per heavy atom. The molecule has 1 aliphatic carbocycles. The number of rotatable bonds is 13. The first-order chi connectivity index (χ1) is 26.2. The van der Waals surface area contributed by atoms with E-state index in [-0.39, 0.29) is 18.2 Å². The number of benzene rings is 4. The summed E-state index contributed by atoms with van der Waals surface area (Å²) in [7, 11) is 0. The first-order valence-corrected chi connectivity index (χ1v) is 19.8. The summed E-state index contributed by atoms with van der Waals surface area (Å²) in [4.78, 5) is 56.2. The molecule has 1 unspecified atom stereocenters. The van der Waals surface area contributed by atoms with Crippen LogP contribution in [0.1, 0.15) is 92.6 Å². The highest BCUT2D eigenvalue weighted by Gasteiger charge is 2.30. The minimum atomic E-state index is -0.680. The van der Waals surface area contributed by atoms with E-state index in [0.29, 0.717) is 27.7 Å². The zero-order valence-electron chi connectivity index (χ0n) is 30.5. The number of aryl methyl sites for hydroxylation is 1. The SMILES string of the molecule is CCOC(=O)c1c(NC(=O)C(Sc2cccc(NC(=O)/C(=C\c3ccc(C(C)C)cc3)NC(=O)c3ccccc3)c2)c2ccccc2)sc2c1CCCC2. The summed E-state index contributed by atoms with van der Waals surface area (Å²) in [5.74, 6) is -1.25. The zero-order valence-corrected chi connectivity index (χ0v) is 32.2. The summed E-state index contributed by atoms with van der Waals surface area (Å²) in [5, 5.41) is 8.68. The Bertz CT molecular complexity index is 2140. The highest BCUT2D eigenvalue weighted by molar-refractivity contribution is 8.00. The lowest BCUT2D eigenvalue weighted by molar-refractivity contribution is -0.116. The van der Waals surface area contributed by atoms with Crippen LogP contribution < -0.4 is 16.0 Å². The van der Waals surface area contributed by atoms with Gasteiger partial charge < -0.3 is 20.7 Å². The molecule has 1 aromatic heterocycles. The maximum Gasteiger partial charge on any atom is 0.341 e. The molecule has 4 aromatic carbocycles. The number of carbonyl (C=O) groups is 4. The Kier molecular flexibility index (Phi) is 12.8. The van der Waals surface area contributed by atoms with Crippen LogP contribution in [-0.4, -0.2) is 30.3 Å². The monoisotopic (exact) mass is 757 g/mol. The lowest BCUT2D eigenvalue weighted by Gasteiger charge is -2.18. The minimum absolute atomic E-state index is 0.0804. The normalized spacial score (nSPS) is 13.1. The minimum Gasteiger partial charge on any atom is -0.462 e. The predicted molar refractivity (Wildman–Crippen MR) is 218 cm³/mol. The van der Waals surface area contributed by atoms with Gasteiger partial charge in [-0.25, -0.2) is 4.79 Å². The van der Waals surface area contributed by atoms with E-state index in [9.17, 15) is 19.2 Å². The summed E-state index contributed by atoms with van der Waals surface area (Å²) in [6.45, 7) is 6.25. The number of anilines is 2. The van der Waals surface area contributed by atoms with Gasteiger partial charge in [-0.15, -0.1) is 23.1 Å². The number of nitrogens with one attached hydrogen (secondary N) is 3. The first kappa shape index (κ1) is 38.3. The molecular weight excluding hydrogens is 715 g/mol. The van der Waals surface area contributed by atoms with Gasteiger partial charge in [0.15, 0.2) is 0 Å². The summed E-state index contributed by atoms with van der Waals surface area (Å²) in [6.07, 6.45) is 5.33. The van der Waals surface area contributed by atoms with Gasteiger partial charge in [0.05, 0.1) is 12.2 Å². The fourth-order valence-corrected chi connectivity index (χ4v) is 8.58.